The van der Waals surface area contributed by atoms with E-state index in [-0.39, 0.29) is 5.41 Å². The zero-order chi connectivity index (χ0) is 35.8. The van der Waals surface area contributed by atoms with Crippen LogP contribution >= 0.6 is 0 Å². The Hall–Kier alpha value is -6.06. The van der Waals surface area contributed by atoms with Crippen molar-refractivity contribution in [3.8, 4) is 39.5 Å². The van der Waals surface area contributed by atoms with Crippen LogP contribution in [-0.2, 0) is 5.41 Å². The Morgan fingerprint density at radius 1 is 0.473 bits per heavy atom. The number of para-hydroxylation sites is 1. The molecular formula is C52H39N3. The maximum absolute atomic E-state index is 5.36. The molecule has 7 aromatic carbocycles. The highest BCUT2D eigenvalue weighted by Crippen LogP contribution is 2.69. The van der Waals surface area contributed by atoms with E-state index in [0.717, 1.165) is 56.9 Å². The van der Waals surface area contributed by atoms with E-state index in [0.29, 0.717) is 5.95 Å². The summed E-state index contributed by atoms with van der Waals surface area (Å²) in [6, 6.07) is 56.2. The van der Waals surface area contributed by atoms with Crippen molar-refractivity contribution in [3.05, 3.63) is 163 Å². The average Bonchev–Trinajstić information content (AvgIpc) is 3.73. The van der Waals surface area contributed by atoms with Crippen molar-refractivity contribution in [2.75, 3.05) is 0 Å². The molecule has 5 aliphatic carbocycles. The topological polar surface area (TPSA) is 30.7 Å². The van der Waals surface area contributed by atoms with Gasteiger partial charge in [0.05, 0.1) is 22.2 Å². The fraction of sp³-hybridized carbons (Fsp3) is 0.192. The molecule has 4 saturated carbocycles. The van der Waals surface area contributed by atoms with Crippen molar-refractivity contribution < 1.29 is 0 Å². The van der Waals surface area contributed by atoms with Gasteiger partial charge in [0.1, 0.15) is 0 Å². The van der Waals surface area contributed by atoms with Crippen molar-refractivity contribution in [1.82, 2.24) is 14.5 Å². The Labute approximate surface area is 320 Å². The van der Waals surface area contributed by atoms with Gasteiger partial charge < -0.3 is 0 Å². The minimum Gasteiger partial charge on any atom is -0.278 e. The summed E-state index contributed by atoms with van der Waals surface area (Å²) in [6.07, 6.45) is 7.11. The molecule has 0 aliphatic heterocycles. The highest BCUT2D eigenvalue weighted by molar-refractivity contribution is 6.21. The van der Waals surface area contributed by atoms with E-state index in [1.807, 2.05) is 0 Å². The largest absolute Gasteiger partial charge is 0.278 e. The molecule has 3 nitrogen and oxygen atoms in total. The quantitative estimate of drug-likeness (QED) is 0.183. The molecule has 262 valence electrons. The number of aromatic nitrogens is 3. The first-order valence-electron chi connectivity index (χ1n) is 20.3. The lowest BCUT2D eigenvalue weighted by atomic mass is 9.43. The number of benzene rings is 7. The first-order valence-corrected chi connectivity index (χ1v) is 20.3. The summed E-state index contributed by atoms with van der Waals surface area (Å²) < 4.78 is 2.29. The Kier molecular flexibility index (Phi) is 6.06. The molecule has 5 aliphatic rings. The first-order chi connectivity index (χ1) is 27.2. The van der Waals surface area contributed by atoms with Crippen LogP contribution in [0.4, 0.5) is 0 Å². The highest BCUT2D eigenvalue weighted by Gasteiger charge is 2.61. The van der Waals surface area contributed by atoms with Crippen LogP contribution < -0.4 is 0 Å². The van der Waals surface area contributed by atoms with Gasteiger partial charge in [0, 0.05) is 27.1 Å². The van der Waals surface area contributed by atoms with Crippen molar-refractivity contribution in [3.63, 3.8) is 0 Å². The van der Waals surface area contributed by atoms with Crippen LogP contribution in [0.25, 0.3) is 82.9 Å². The minimum absolute atomic E-state index is 0.187. The standard InChI is InChI=1S/C52H39N3/c1-2-11-34(12-3-1)50-41-15-7-9-17-46(41)53-51(54-50)55-47-22-20-36(30-43(47)49-39-13-5-4-10-33(39)19-23-48(49)55)35-18-21-45-42(29-35)40-14-6-8-16-44(40)52(45)37-25-31-24-32(27-37)28-38(52)26-31/h1-23,29-32,37-38H,24-28H2. The molecule has 0 saturated heterocycles. The molecule has 9 aromatic rings. The van der Waals surface area contributed by atoms with E-state index >= 15 is 0 Å². The molecular weight excluding hydrogens is 667 g/mol. The lowest BCUT2D eigenvalue weighted by Gasteiger charge is -2.61. The van der Waals surface area contributed by atoms with Crippen LogP contribution in [0.5, 0.6) is 0 Å². The zero-order valence-electron chi connectivity index (χ0n) is 30.6. The van der Waals surface area contributed by atoms with E-state index in [1.165, 1.54) is 75.9 Å². The summed E-state index contributed by atoms with van der Waals surface area (Å²) in [6.45, 7) is 0. The van der Waals surface area contributed by atoms with E-state index in [4.69, 9.17) is 9.97 Å². The third kappa shape index (κ3) is 4.06. The number of fused-ring (bicyclic) bond motifs is 9. The molecule has 0 unspecified atom stereocenters. The van der Waals surface area contributed by atoms with Gasteiger partial charge in [-0.3, -0.25) is 4.57 Å². The summed E-state index contributed by atoms with van der Waals surface area (Å²) in [5, 5.41) is 6.00. The fourth-order valence-corrected chi connectivity index (χ4v) is 12.5. The van der Waals surface area contributed by atoms with Gasteiger partial charge >= 0.3 is 0 Å². The van der Waals surface area contributed by atoms with Crippen molar-refractivity contribution in [2.24, 2.45) is 23.7 Å². The number of hydrogen-bond donors (Lipinski definition) is 0. The smallest absolute Gasteiger partial charge is 0.235 e. The zero-order valence-corrected chi connectivity index (χ0v) is 30.6. The predicted octanol–water partition coefficient (Wildman–Crippen LogP) is 12.9. The van der Waals surface area contributed by atoms with Crippen LogP contribution in [-0.4, -0.2) is 14.5 Å². The maximum Gasteiger partial charge on any atom is 0.235 e. The van der Waals surface area contributed by atoms with Gasteiger partial charge in [0.2, 0.25) is 5.95 Å². The summed E-state index contributed by atoms with van der Waals surface area (Å²) in [7, 11) is 0. The Bertz CT molecular complexity index is 3030. The second kappa shape index (κ2) is 11.0. The van der Waals surface area contributed by atoms with Crippen molar-refractivity contribution in [2.45, 2.75) is 37.5 Å². The third-order valence-electron chi connectivity index (χ3n) is 14.4. The number of rotatable bonds is 3. The molecule has 4 bridgehead atoms. The molecule has 0 N–H and O–H groups in total. The molecule has 0 amide bonds. The lowest BCUT2D eigenvalue weighted by molar-refractivity contribution is -0.0399. The van der Waals surface area contributed by atoms with Gasteiger partial charge in [0.25, 0.3) is 0 Å². The van der Waals surface area contributed by atoms with Crippen molar-refractivity contribution >= 4 is 43.5 Å². The van der Waals surface area contributed by atoms with Gasteiger partial charge in [-0.05, 0) is 130 Å². The summed E-state index contributed by atoms with van der Waals surface area (Å²) >= 11 is 0. The van der Waals surface area contributed by atoms with E-state index < -0.39 is 0 Å². The molecule has 0 atom stereocenters. The molecule has 55 heavy (non-hydrogen) atoms. The third-order valence-corrected chi connectivity index (χ3v) is 14.4. The van der Waals surface area contributed by atoms with Crippen LogP contribution in [0.15, 0.2) is 152 Å². The molecule has 2 aromatic heterocycles. The number of nitrogens with zero attached hydrogens (tertiary/aromatic N) is 3. The summed E-state index contributed by atoms with van der Waals surface area (Å²) in [5.41, 5.74) is 14.1. The van der Waals surface area contributed by atoms with E-state index in [2.05, 4.69) is 156 Å². The monoisotopic (exact) mass is 705 g/mol. The molecule has 0 radical (unpaired) electrons. The summed E-state index contributed by atoms with van der Waals surface area (Å²) in [4.78, 5) is 10.6. The van der Waals surface area contributed by atoms with Crippen LogP contribution in [0.1, 0.15) is 43.2 Å². The van der Waals surface area contributed by atoms with Crippen LogP contribution in [0, 0.1) is 23.7 Å². The second-order valence-corrected chi connectivity index (χ2v) is 17.0. The van der Waals surface area contributed by atoms with Crippen LogP contribution in [0.2, 0.25) is 0 Å². The first kappa shape index (κ1) is 30.3. The highest BCUT2D eigenvalue weighted by atomic mass is 15.2. The fourth-order valence-electron chi connectivity index (χ4n) is 12.5. The Morgan fingerprint density at radius 2 is 1.15 bits per heavy atom. The second-order valence-electron chi connectivity index (χ2n) is 17.0. The average molecular weight is 706 g/mol. The maximum atomic E-state index is 5.36. The van der Waals surface area contributed by atoms with Gasteiger partial charge in [-0.25, -0.2) is 9.97 Å². The Morgan fingerprint density at radius 3 is 2.00 bits per heavy atom. The van der Waals surface area contributed by atoms with Crippen LogP contribution in [0.3, 0.4) is 0 Å². The predicted molar refractivity (Wildman–Crippen MR) is 226 cm³/mol. The van der Waals surface area contributed by atoms with E-state index in [1.54, 1.807) is 11.1 Å². The van der Waals surface area contributed by atoms with Gasteiger partial charge in [0.15, 0.2) is 0 Å². The molecule has 4 fully saturated rings. The van der Waals surface area contributed by atoms with Gasteiger partial charge in [-0.15, -0.1) is 0 Å². The minimum atomic E-state index is 0.187. The van der Waals surface area contributed by atoms with E-state index in [9.17, 15) is 0 Å². The van der Waals surface area contributed by atoms with Gasteiger partial charge in [-0.1, -0.05) is 121 Å². The van der Waals surface area contributed by atoms with Gasteiger partial charge in [-0.2, -0.15) is 0 Å². The SMILES string of the molecule is c1ccc(-c2nc(-n3c4ccc(-c5ccc6c(c5)-c5ccccc5C65C6CC7CC(C6)CC5C7)cc4c4c5ccccc5ccc43)nc3ccccc23)cc1. The molecule has 14 rings (SSSR count). The molecule has 2 heterocycles. The van der Waals surface area contributed by atoms with Crippen molar-refractivity contribution in [1.29, 1.82) is 0 Å². The molecule has 1 spiro atoms. The molecule has 3 heteroatoms. The summed E-state index contributed by atoms with van der Waals surface area (Å²) in [5.74, 6) is 4.12. The Balaban J connectivity index is 1.03. The normalized spacial score (nSPS) is 23.3. The lowest BCUT2D eigenvalue weighted by Crippen LogP contribution is -2.55. The number of hydrogen-bond acceptors (Lipinski definition) is 2.